The zero-order valence-corrected chi connectivity index (χ0v) is 12.9. The zero-order valence-electron chi connectivity index (χ0n) is 12.0. The van der Waals surface area contributed by atoms with E-state index in [-0.39, 0.29) is 18.4 Å². The first kappa shape index (κ1) is 14.0. The second kappa shape index (κ2) is 5.11. The molecular weight excluding hydrogens is 286 g/mol. The van der Waals surface area contributed by atoms with E-state index in [1.165, 1.54) is 11.3 Å². The number of thiazole rings is 1. The molecule has 1 N–H and O–H groups in total. The monoisotopic (exact) mass is 303 g/mol. The van der Waals surface area contributed by atoms with Gasteiger partial charge in [-0.3, -0.25) is 9.59 Å². The summed E-state index contributed by atoms with van der Waals surface area (Å²) in [6.45, 7) is 3.93. The van der Waals surface area contributed by atoms with Crippen LogP contribution in [0.15, 0.2) is 23.7 Å². The van der Waals surface area contributed by atoms with Gasteiger partial charge in [0.05, 0.1) is 15.7 Å². The number of fused-ring (bicyclic) bond motifs is 1. The van der Waals surface area contributed by atoms with Crippen molar-refractivity contribution in [2.75, 3.05) is 11.4 Å². The summed E-state index contributed by atoms with van der Waals surface area (Å²) in [5.41, 5.74) is 2.67. The molecule has 1 aliphatic heterocycles. The second-order valence-corrected chi connectivity index (χ2v) is 6.12. The van der Waals surface area contributed by atoms with Crippen molar-refractivity contribution in [2.45, 2.75) is 32.2 Å². The van der Waals surface area contributed by atoms with Crippen LogP contribution in [0.5, 0.6) is 0 Å². The Balaban J connectivity index is 2.03. The highest BCUT2D eigenvalue weighted by Crippen LogP contribution is 2.29. The molecule has 0 aliphatic carbocycles. The minimum absolute atomic E-state index is 0.0315. The number of nitrogens with one attached hydrogen (secondary N) is 1. The molecule has 110 valence electrons. The van der Waals surface area contributed by atoms with Crippen molar-refractivity contribution in [2.24, 2.45) is 0 Å². The van der Waals surface area contributed by atoms with Gasteiger partial charge in [-0.1, -0.05) is 13.8 Å². The Hall–Kier alpha value is -1.95. The Labute approximate surface area is 127 Å². The number of hydrogen-bond acceptors (Lipinski definition) is 4. The molecular formula is C15H17N3O2S. The molecule has 0 unspecified atom stereocenters. The zero-order chi connectivity index (χ0) is 15.0. The number of rotatable bonds is 3. The van der Waals surface area contributed by atoms with E-state index >= 15 is 0 Å². The minimum atomic E-state index is -0.780. The molecule has 21 heavy (non-hydrogen) atoms. The lowest BCUT2D eigenvalue weighted by molar-refractivity contribution is -0.136. The Bertz CT molecular complexity index is 706. The van der Waals surface area contributed by atoms with Crippen LogP contribution in [0, 0.1) is 0 Å². The molecule has 1 aromatic carbocycles. The molecule has 1 fully saturated rings. The number of carbonyl (C=O) groups excluding carboxylic acids is 2. The number of piperazine rings is 1. The van der Waals surface area contributed by atoms with Crippen LogP contribution in [0.1, 0.15) is 26.7 Å². The Morgan fingerprint density at radius 1 is 1.33 bits per heavy atom. The molecule has 3 rings (SSSR count). The maximum absolute atomic E-state index is 12.8. The summed E-state index contributed by atoms with van der Waals surface area (Å²) < 4.78 is 1.02. The van der Waals surface area contributed by atoms with Crippen molar-refractivity contribution in [3.8, 4) is 0 Å². The Kier molecular flexibility index (Phi) is 3.41. The van der Waals surface area contributed by atoms with Crippen LogP contribution in [-0.2, 0) is 9.59 Å². The van der Waals surface area contributed by atoms with E-state index in [4.69, 9.17) is 0 Å². The molecule has 5 nitrogen and oxygen atoms in total. The third-order valence-corrected chi connectivity index (χ3v) is 4.96. The highest BCUT2D eigenvalue weighted by molar-refractivity contribution is 7.16. The van der Waals surface area contributed by atoms with Crippen LogP contribution in [0.25, 0.3) is 10.2 Å². The van der Waals surface area contributed by atoms with Crippen LogP contribution in [-0.4, -0.2) is 28.9 Å². The summed E-state index contributed by atoms with van der Waals surface area (Å²) in [6, 6.07) is 5.68. The van der Waals surface area contributed by atoms with E-state index in [1.807, 2.05) is 32.0 Å². The molecule has 0 radical (unpaired) electrons. The fourth-order valence-corrected chi connectivity index (χ4v) is 3.49. The van der Waals surface area contributed by atoms with E-state index in [0.717, 1.165) is 15.9 Å². The van der Waals surface area contributed by atoms with Crippen molar-refractivity contribution in [1.82, 2.24) is 10.3 Å². The molecule has 6 heteroatoms. The number of carbonyl (C=O) groups is 2. The maximum atomic E-state index is 12.8. The summed E-state index contributed by atoms with van der Waals surface area (Å²) >= 11 is 1.53. The minimum Gasteiger partial charge on any atom is -0.340 e. The van der Waals surface area contributed by atoms with Crippen molar-refractivity contribution in [1.29, 1.82) is 0 Å². The average Bonchev–Trinajstić information content (AvgIpc) is 2.96. The number of aromatic nitrogens is 1. The van der Waals surface area contributed by atoms with Crippen LogP contribution in [0.4, 0.5) is 5.69 Å². The average molecular weight is 303 g/mol. The molecule has 0 atom stereocenters. The van der Waals surface area contributed by atoms with Crippen LogP contribution >= 0.6 is 11.3 Å². The smallest absolute Gasteiger partial charge is 0.253 e. The van der Waals surface area contributed by atoms with Gasteiger partial charge in [0.2, 0.25) is 5.91 Å². The number of nitrogens with zero attached hydrogens (tertiary/aromatic N) is 2. The van der Waals surface area contributed by atoms with Crippen LogP contribution in [0.3, 0.4) is 0 Å². The van der Waals surface area contributed by atoms with Gasteiger partial charge in [0, 0.05) is 5.69 Å². The van der Waals surface area contributed by atoms with Gasteiger partial charge in [0.15, 0.2) is 0 Å². The number of benzene rings is 1. The Morgan fingerprint density at radius 2 is 2.10 bits per heavy atom. The van der Waals surface area contributed by atoms with Crippen molar-refractivity contribution in [3.05, 3.63) is 23.7 Å². The Morgan fingerprint density at radius 3 is 2.81 bits per heavy atom. The highest BCUT2D eigenvalue weighted by atomic mass is 32.1. The van der Waals surface area contributed by atoms with Gasteiger partial charge in [0.25, 0.3) is 5.91 Å². The normalized spacial score (nSPS) is 18.1. The summed E-state index contributed by atoms with van der Waals surface area (Å²) in [5, 5.41) is 2.87. The molecule has 0 bridgehead atoms. The van der Waals surface area contributed by atoms with Crippen molar-refractivity contribution < 1.29 is 9.59 Å². The van der Waals surface area contributed by atoms with Crippen molar-refractivity contribution >= 4 is 39.1 Å². The summed E-state index contributed by atoms with van der Waals surface area (Å²) in [7, 11) is 0. The lowest BCUT2D eigenvalue weighted by Crippen LogP contribution is -2.66. The summed E-state index contributed by atoms with van der Waals surface area (Å²) in [6.07, 6.45) is 1.18. The summed E-state index contributed by atoms with van der Waals surface area (Å²) in [4.78, 5) is 30.7. The third kappa shape index (κ3) is 2.19. The van der Waals surface area contributed by atoms with Crippen LogP contribution in [0.2, 0.25) is 0 Å². The summed E-state index contributed by atoms with van der Waals surface area (Å²) in [5.74, 6) is -0.140. The molecule has 0 saturated carbocycles. The van der Waals surface area contributed by atoms with Gasteiger partial charge in [-0.25, -0.2) is 4.98 Å². The standard InChI is InChI=1S/C15H17N3O2S/c1-3-15(4-2)14(20)18(8-13(19)17-15)10-5-6-11-12(7-10)21-9-16-11/h5-7,9H,3-4,8H2,1-2H3,(H,17,19). The molecule has 1 saturated heterocycles. The molecule has 2 heterocycles. The SMILES string of the molecule is CCC1(CC)NC(=O)CN(c2ccc3ncsc3c2)C1=O. The first-order chi connectivity index (χ1) is 10.1. The van der Waals surface area contributed by atoms with E-state index in [2.05, 4.69) is 10.3 Å². The fourth-order valence-electron chi connectivity index (χ4n) is 2.78. The first-order valence-electron chi connectivity index (χ1n) is 7.06. The number of amides is 2. The molecule has 1 aromatic heterocycles. The third-order valence-electron chi connectivity index (χ3n) is 4.17. The van der Waals surface area contributed by atoms with E-state index in [0.29, 0.717) is 12.8 Å². The van der Waals surface area contributed by atoms with Crippen LogP contribution < -0.4 is 10.2 Å². The number of anilines is 1. The highest BCUT2D eigenvalue weighted by Gasteiger charge is 2.44. The van der Waals surface area contributed by atoms with E-state index < -0.39 is 5.54 Å². The van der Waals surface area contributed by atoms with Gasteiger partial charge >= 0.3 is 0 Å². The topological polar surface area (TPSA) is 62.3 Å². The van der Waals surface area contributed by atoms with Crippen molar-refractivity contribution in [3.63, 3.8) is 0 Å². The van der Waals surface area contributed by atoms with E-state index in [9.17, 15) is 9.59 Å². The molecule has 2 aromatic rings. The molecule has 1 aliphatic rings. The quantitative estimate of drug-likeness (QED) is 0.946. The number of hydrogen-bond donors (Lipinski definition) is 1. The fraction of sp³-hybridized carbons (Fsp3) is 0.400. The lowest BCUT2D eigenvalue weighted by atomic mass is 9.88. The predicted molar refractivity (Wildman–Crippen MR) is 83.4 cm³/mol. The van der Waals surface area contributed by atoms with Gasteiger partial charge in [-0.15, -0.1) is 11.3 Å². The van der Waals surface area contributed by atoms with E-state index in [1.54, 1.807) is 10.4 Å². The largest absolute Gasteiger partial charge is 0.340 e. The second-order valence-electron chi connectivity index (χ2n) is 5.23. The molecule has 2 amide bonds. The van der Waals surface area contributed by atoms with Gasteiger partial charge in [-0.2, -0.15) is 0 Å². The maximum Gasteiger partial charge on any atom is 0.253 e. The first-order valence-corrected chi connectivity index (χ1v) is 7.94. The van der Waals surface area contributed by atoms with Gasteiger partial charge in [-0.05, 0) is 31.0 Å². The lowest BCUT2D eigenvalue weighted by Gasteiger charge is -2.41. The van der Waals surface area contributed by atoms with Gasteiger partial charge < -0.3 is 10.2 Å². The molecule has 0 spiro atoms. The predicted octanol–water partition coefficient (Wildman–Crippen LogP) is 2.32. The van der Waals surface area contributed by atoms with Gasteiger partial charge in [0.1, 0.15) is 12.1 Å².